The largest absolute Gasteiger partial charge is 0.251 e. The third-order valence-corrected chi connectivity index (χ3v) is 5.24. The maximum Gasteiger partial charge on any atom is 0.0980 e. The number of hydrogen-bond acceptors (Lipinski definition) is 2. The van der Waals surface area contributed by atoms with E-state index in [1.807, 2.05) is 86.6 Å². The molecule has 2 aromatic heterocycles. The molecule has 0 aliphatic carbocycles. The minimum absolute atomic E-state index is 0.867. The van der Waals surface area contributed by atoms with E-state index < -0.39 is 0 Å². The first-order valence-corrected chi connectivity index (χ1v) is 10.5. The first-order chi connectivity index (χ1) is 15.7. The van der Waals surface area contributed by atoms with Gasteiger partial charge in [-0.1, -0.05) is 72.2 Å². The van der Waals surface area contributed by atoms with Crippen molar-refractivity contribution in [3.63, 3.8) is 0 Å². The fourth-order valence-electron chi connectivity index (χ4n) is 3.76. The van der Waals surface area contributed by atoms with Crippen LogP contribution in [0.4, 0.5) is 0 Å². The maximum absolute atomic E-state index is 4.84. The van der Waals surface area contributed by atoms with E-state index in [4.69, 9.17) is 9.97 Å². The zero-order valence-electron chi connectivity index (χ0n) is 18.0. The summed E-state index contributed by atoms with van der Waals surface area (Å²) in [5.74, 6) is 13.2. The van der Waals surface area contributed by atoms with E-state index in [2.05, 4.69) is 35.8 Å². The first-order valence-electron chi connectivity index (χ1n) is 10.5. The van der Waals surface area contributed by atoms with Gasteiger partial charge in [-0.15, -0.1) is 0 Å². The molecule has 0 spiro atoms. The van der Waals surface area contributed by atoms with E-state index in [-0.39, 0.29) is 0 Å². The number of aromatic nitrogens is 2. The van der Waals surface area contributed by atoms with Gasteiger partial charge < -0.3 is 0 Å². The summed E-state index contributed by atoms with van der Waals surface area (Å²) >= 11 is 0. The van der Waals surface area contributed by atoms with Crippen LogP contribution in [0.3, 0.4) is 0 Å². The van der Waals surface area contributed by atoms with E-state index in [1.54, 1.807) is 0 Å². The average Bonchev–Trinajstić information content (AvgIpc) is 2.82. The molecule has 0 fully saturated rings. The van der Waals surface area contributed by atoms with Crippen molar-refractivity contribution in [1.82, 2.24) is 9.97 Å². The highest BCUT2D eigenvalue weighted by Gasteiger charge is 2.11. The SMILES string of the molecule is Cc1cc(C#Cc2ccccc2)c2ccc3c(C#Cc4ccccc4)cc(C)nc3c2n1. The van der Waals surface area contributed by atoms with Gasteiger partial charge in [0.25, 0.3) is 0 Å². The zero-order chi connectivity index (χ0) is 21.9. The molecule has 0 atom stereocenters. The standard InChI is InChI=1S/C30H20N2/c1-21-19-25(15-13-23-9-5-3-6-10-23)27-17-18-28-26(16-14-24-11-7-4-8-12-24)20-22(2)32-30(28)29(27)31-21/h3-12,17-20H,1-2H3. The number of hydrogen-bond donors (Lipinski definition) is 0. The molecular weight excluding hydrogens is 388 g/mol. The summed E-state index contributed by atoms with van der Waals surface area (Å²) in [6.07, 6.45) is 0. The summed E-state index contributed by atoms with van der Waals surface area (Å²) in [6, 6.07) is 28.3. The van der Waals surface area contributed by atoms with Crippen molar-refractivity contribution in [2.45, 2.75) is 13.8 Å². The molecule has 2 heteroatoms. The Morgan fingerprint density at radius 3 is 1.31 bits per heavy atom. The summed E-state index contributed by atoms with van der Waals surface area (Å²) in [7, 11) is 0. The molecular formula is C30H20N2. The Hall–Kier alpha value is -4.40. The van der Waals surface area contributed by atoms with Crippen molar-refractivity contribution in [1.29, 1.82) is 0 Å². The lowest BCUT2D eigenvalue weighted by atomic mass is 10.0. The third kappa shape index (κ3) is 3.95. The van der Waals surface area contributed by atoms with Crippen LogP contribution in [0.1, 0.15) is 33.6 Å². The van der Waals surface area contributed by atoms with Crippen LogP contribution in [0.25, 0.3) is 21.8 Å². The van der Waals surface area contributed by atoms with Gasteiger partial charge in [0.05, 0.1) is 11.0 Å². The summed E-state index contributed by atoms with van der Waals surface area (Å²) in [5, 5.41) is 2.01. The Morgan fingerprint density at radius 2 is 0.906 bits per heavy atom. The minimum Gasteiger partial charge on any atom is -0.251 e. The van der Waals surface area contributed by atoms with Crippen molar-refractivity contribution >= 4 is 21.8 Å². The molecule has 3 aromatic carbocycles. The van der Waals surface area contributed by atoms with Crippen LogP contribution >= 0.6 is 0 Å². The van der Waals surface area contributed by atoms with Crippen LogP contribution in [0, 0.1) is 37.5 Å². The molecule has 0 aliphatic rings. The maximum atomic E-state index is 4.84. The fourth-order valence-corrected chi connectivity index (χ4v) is 3.76. The Labute approximate surface area is 188 Å². The third-order valence-electron chi connectivity index (χ3n) is 5.24. The van der Waals surface area contributed by atoms with E-state index >= 15 is 0 Å². The van der Waals surface area contributed by atoms with Gasteiger partial charge in [-0.3, -0.25) is 9.97 Å². The highest BCUT2D eigenvalue weighted by atomic mass is 14.8. The van der Waals surface area contributed by atoms with Crippen molar-refractivity contribution < 1.29 is 0 Å². The Morgan fingerprint density at radius 1 is 0.500 bits per heavy atom. The molecule has 0 radical (unpaired) electrons. The van der Waals surface area contributed by atoms with Crippen molar-refractivity contribution in [3.05, 3.63) is 119 Å². The van der Waals surface area contributed by atoms with Gasteiger partial charge in [0.15, 0.2) is 0 Å². The molecule has 5 aromatic rings. The predicted octanol–water partition coefficient (Wildman–Crippen LogP) is 6.20. The van der Waals surface area contributed by atoms with E-state index in [0.29, 0.717) is 0 Å². The van der Waals surface area contributed by atoms with Gasteiger partial charge in [0, 0.05) is 44.4 Å². The normalized spacial score (nSPS) is 10.3. The highest BCUT2D eigenvalue weighted by Crippen LogP contribution is 2.28. The summed E-state index contributed by atoms with van der Waals surface area (Å²) < 4.78 is 0. The topological polar surface area (TPSA) is 25.8 Å². The molecule has 0 N–H and O–H groups in total. The lowest BCUT2D eigenvalue weighted by molar-refractivity contribution is 1.22. The van der Waals surface area contributed by atoms with Crippen molar-refractivity contribution in [2.75, 3.05) is 0 Å². The summed E-state index contributed by atoms with van der Waals surface area (Å²) in [4.78, 5) is 9.68. The second-order valence-electron chi connectivity index (χ2n) is 7.71. The van der Waals surface area contributed by atoms with Gasteiger partial charge >= 0.3 is 0 Å². The first kappa shape index (κ1) is 19.6. The van der Waals surface area contributed by atoms with E-state index in [1.165, 1.54) is 0 Å². The quantitative estimate of drug-likeness (QED) is 0.225. The number of nitrogens with zero attached hydrogens (tertiary/aromatic N) is 2. The van der Waals surface area contributed by atoms with Gasteiger partial charge in [0.1, 0.15) is 0 Å². The molecule has 0 saturated heterocycles. The van der Waals surface area contributed by atoms with Crippen molar-refractivity contribution in [2.24, 2.45) is 0 Å². The molecule has 5 rings (SSSR count). The van der Waals surface area contributed by atoms with Gasteiger partial charge in [-0.2, -0.15) is 0 Å². The Kier molecular flexibility index (Phi) is 5.12. The molecule has 0 saturated carbocycles. The van der Waals surface area contributed by atoms with Gasteiger partial charge in [-0.25, -0.2) is 0 Å². The molecule has 2 heterocycles. The number of rotatable bonds is 0. The average molecular weight is 409 g/mol. The Balaban J connectivity index is 1.70. The number of aryl methyl sites for hydroxylation is 2. The second kappa shape index (κ2) is 8.38. The second-order valence-corrected chi connectivity index (χ2v) is 7.71. The van der Waals surface area contributed by atoms with Gasteiger partial charge in [0.2, 0.25) is 0 Å². The summed E-state index contributed by atoms with van der Waals surface area (Å²) in [5.41, 5.74) is 7.46. The molecule has 32 heavy (non-hydrogen) atoms. The molecule has 0 bridgehead atoms. The van der Waals surface area contributed by atoms with Gasteiger partial charge in [-0.05, 0) is 50.2 Å². The van der Waals surface area contributed by atoms with E-state index in [9.17, 15) is 0 Å². The lowest BCUT2D eigenvalue weighted by Crippen LogP contribution is -1.95. The monoisotopic (exact) mass is 408 g/mol. The summed E-state index contributed by atoms with van der Waals surface area (Å²) in [6.45, 7) is 4.00. The van der Waals surface area contributed by atoms with Crippen molar-refractivity contribution in [3.8, 4) is 23.7 Å². The lowest BCUT2D eigenvalue weighted by Gasteiger charge is -2.08. The Bertz CT molecular complexity index is 1450. The molecule has 2 nitrogen and oxygen atoms in total. The molecule has 0 amide bonds. The number of fused-ring (bicyclic) bond motifs is 3. The smallest absolute Gasteiger partial charge is 0.0980 e. The number of benzene rings is 3. The zero-order valence-corrected chi connectivity index (χ0v) is 18.0. The van der Waals surface area contributed by atoms with E-state index in [0.717, 1.165) is 55.4 Å². The van der Waals surface area contributed by atoms with Crippen LogP contribution in [-0.2, 0) is 0 Å². The number of pyridine rings is 2. The molecule has 0 unspecified atom stereocenters. The van der Waals surface area contributed by atoms with Crippen LogP contribution in [-0.4, -0.2) is 9.97 Å². The molecule has 0 aliphatic heterocycles. The predicted molar refractivity (Wildman–Crippen MR) is 131 cm³/mol. The fraction of sp³-hybridized carbons (Fsp3) is 0.0667. The van der Waals surface area contributed by atoms with Crippen LogP contribution in [0.2, 0.25) is 0 Å². The highest BCUT2D eigenvalue weighted by molar-refractivity contribution is 6.06. The molecule has 150 valence electrons. The van der Waals surface area contributed by atoms with Crippen LogP contribution in [0.15, 0.2) is 84.9 Å². The minimum atomic E-state index is 0.867. The van der Waals surface area contributed by atoms with Crippen LogP contribution < -0.4 is 0 Å². The van der Waals surface area contributed by atoms with Crippen LogP contribution in [0.5, 0.6) is 0 Å².